The van der Waals surface area contributed by atoms with Gasteiger partial charge in [0.25, 0.3) is 0 Å². The van der Waals surface area contributed by atoms with Crippen molar-refractivity contribution in [2.24, 2.45) is 0 Å². The van der Waals surface area contributed by atoms with E-state index in [1.807, 2.05) is 0 Å². The summed E-state index contributed by atoms with van der Waals surface area (Å²) >= 11 is 5.51. The number of rotatable bonds is 7. The first-order chi connectivity index (χ1) is 8.85. The minimum atomic E-state index is -3.47. The Balaban J connectivity index is 2.62. The number of halogens is 2. The normalized spacial score (nSPS) is 13.2. The van der Waals surface area contributed by atoms with Crippen molar-refractivity contribution in [3.8, 4) is 0 Å². The molecule has 2 N–H and O–H groups in total. The Kier molecular flexibility index (Phi) is 5.93. The molecular weight excluding hydrogens is 293 g/mol. The third-order valence-corrected chi connectivity index (χ3v) is 4.10. The van der Waals surface area contributed by atoms with Crippen LogP contribution >= 0.6 is 11.6 Å². The summed E-state index contributed by atoms with van der Waals surface area (Å²) in [6.07, 6.45) is 0.677. The molecule has 0 aliphatic rings. The van der Waals surface area contributed by atoms with Crippen molar-refractivity contribution < 1.29 is 17.9 Å². The van der Waals surface area contributed by atoms with Crippen LogP contribution in [0.5, 0.6) is 0 Å². The van der Waals surface area contributed by atoms with E-state index >= 15 is 0 Å². The molecular formula is C12H15ClFNO3S. The number of benzene rings is 1. The summed E-state index contributed by atoms with van der Waals surface area (Å²) in [5, 5.41) is 9.71. The van der Waals surface area contributed by atoms with E-state index in [9.17, 15) is 17.9 Å². The third-order valence-electron chi connectivity index (χ3n) is 2.42. The summed E-state index contributed by atoms with van der Waals surface area (Å²) < 4.78 is 38.4. The second-order valence-electron chi connectivity index (χ2n) is 3.93. The van der Waals surface area contributed by atoms with Crippen LogP contribution in [0.1, 0.15) is 18.1 Å². The highest BCUT2D eigenvalue weighted by atomic mass is 35.5. The molecule has 106 valence electrons. The number of hydrogen-bond donors (Lipinski definition) is 2. The van der Waals surface area contributed by atoms with Gasteiger partial charge in [0, 0.05) is 6.54 Å². The molecule has 7 heteroatoms. The van der Waals surface area contributed by atoms with Gasteiger partial charge < -0.3 is 5.11 Å². The summed E-state index contributed by atoms with van der Waals surface area (Å²) in [5.74, 6) is -0.759. The number of nitrogens with one attached hydrogen (secondary N) is 1. The van der Waals surface area contributed by atoms with Crippen molar-refractivity contribution in [2.75, 3.05) is 12.3 Å². The average Bonchev–Trinajstić information content (AvgIpc) is 2.37. The van der Waals surface area contributed by atoms with Crippen LogP contribution in [0.3, 0.4) is 0 Å². The first-order valence-corrected chi connectivity index (χ1v) is 7.60. The molecule has 0 amide bonds. The van der Waals surface area contributed by atoms with Crippen molar-refractivity contribution in [3.63, 3.8) is 0 Å². The lowest BCUT2D eigenvalue weighted by atomic mass is 10.1. The SMILES string of the molecule is C=CCCS(=O)(=O)NC[C@H](O)c1ccc(Cl)c(F)c1. The Labute approximate surface area is 117 Å². The highest BCUT2D eigenvalue weighted by Gasteiger charge is 2.14. The van der Waals surface area contributed by atoms with Crippen LogP contribution in [0.25, 0.3) is 0 Å². The molecule has 0 aliphatic heterocycles. The van der Waals surface area contributed by atoms with E-state index in [1.165, 1.54) is 18.2 Å². The topological polar surface area (TPSA) is 66.4 Å². The minimum Gasteiger partial charge on any atom is -0.387 e. The van der Waals surface area contributed by atoms with Crippen LogP contribution in [0, 0.1) is 5.82 Å². The molecule has 0 heterocycles. The largest absolute Gasteiger partial charge is 0.387 e. The Morgan fingerprint density at radius 1 is 1.53 bits per heavy atom. The fourth-order valence-corrected chi connectivity index (χ4v) is 2.50. The van der Waals surface area contributed by atoms with Gasteiger partial charge in [0.2, 0.25) is 10.0 Å². The predicted molar refractivity (Wildman–Crippen MR) is 73.0 cm³/mol. The van der Waals surface area contributed by atoms with Gasteiger partial charge in [-0.25, -0.2) is 17.5 Å². The molecule has 1 aromatic carbocycles. The van der Waals surface area contributed by atoms with Gasteiger partial charge in [-0.1, -0.05) is 23.7 Å². The zero-order chi connectivity index (χ0) is 14.5. The van der Waals surface area contributed by atoms with Crippen molar-refractivity contribution in [1.82, 2.24) is 4.72 Å². The van der Waals surface area contributed by atoms with Crippen molar-refractivity contribution >= 4 is 21.6 Å². The summed E-state index contributed by atoms with van der Waals surface area (Å²) in [6.45, 7) is 3.21. The van der Waals surface area contributed by atoms with Crippen LogP contribution in [0.2, 0.25) is 5.02 Å². The number of allylic oxidation sites excluding steroid dienone is 1. The lowest BCUT2D eigenvalue weighted by Gasteiger charge is -2.12. The highest BCUT2D eigenvalue weighted by molar-refractivity contribution is 7.89. The van der Waals surface area contributed by atoms with E-state index < -0.39 is 21.9 Å². The second kappa shape index (κ2) is 7.00. The molecule has 0 aliphatic carbocycles. The maximum atomic E-state index is 13.2. The van der Waals surface area contributed by atoms with Gasteiger partial charge in [0.05, 0.1) is 16.9 Å². The van der Waals surface area contributed by atoms with Gasteiger partial charge >= 0.3 is 0 Å². The molecule has 1 atom stereocenters. The van der Waals surface area contributed by atoms with Gasteiger partial charge in [0.15, 0.2) is 0 Å². The van der Waals surface area contributed by atoms with Crippen LogP contribution < -0.4 is 4.72 Å². The van der Waals surface area contributed by atoms with Crippen LogP contribution in [-0.2, 0) is 10.0 Å². The fourth-order valence-electron chi connectivity index (χ4n) is 1.35. The highest BCUT2D eigenvalue weighted by Crippen LogP contribution is 2.20. The molecule has 0 radical (unpaired) electrons. The van der Waals surface area contributed by atoms with Gasteiger partial charge in [-0.05, 0) is 24.1 Å². The molecule has 0 bridgehead atoms. The van der Waals surface area contributed by atoms with Crippen molar-refractivity contribution in [2.45, 2.75) is 12.5 Å². The fraction of sp³-hybridized carbons (Fsp3) is 0.333. The number of hydrogen-bond acceptors (Lipinski definition) is 3. The standard InChI is InChI=1S/C12H15ClFNO3S/c1-2-3-6-19(17,18)15-8-12(16)9-4-5-10(13)11(14)7-9/h2,4-5,7,12,15-16H,1,3,6,8H2/t12-/m0/s1. The van der Waals surface area contributed by atoms with E-state index in [2.05, 4.69) is 11.3 Å². The molecule has 0 saturated carbocycles. The molecule has 19 heavy (non-hydrogen) atoms. The first kappa shape index (κ1) is 16.1. The van der Waals surface area contributed by atoms with Crippen LogP contribution in [0.4, 0.5) is 4.39 Å². The van der Waals surface area contributed by atoms with E-state index in [-0.39, 0.29) is 22.9 Å². The lowest BCUT2D eigenvalue weighted by Crippen LogP contribution is -2.30. The number of aliphatic hydroxyl groups excluding tert-OH is 1. The van der Waals surface area contributed by atoms with Crippen molar-refractivity contribution in [3.05, 3.63) is 47.3 Å². The molecule has 1 aromatic rings. The molecule has 0 unspecified atom stereocenters. The average molecular weight is 308 g/mol. The van der Waals surface area contributed by atoms with Crippen molar-refractivity contribution in [1.29, 1.82) is 0 Å². The van der Waals surface area contributed by atoms with Gasteiger partial charge in [-0.3, -0.25) is 0 Å². The third kappa shape index (κ3) is 5.28. The molecule has 1 rings (SSSR count). The second-order valence-corrected chi connectivity index (χ2v) is 6.27. The summed E-state index contributed by atoms with van der Waals surface area (Å²) in [6, 6.07) is 3.82. The Morgan fingerprint density at radius 2 is 2.21 bits per heavy atom. The Bertz CT molecular complexity index is 548. The quantitative estimate of drug-likeness (QED) is 0.757. The molecule has 0 fully saturated rings. The Morgan fingerprint density at radius 3 is 2.79 bits per heavy atom. The maximum Gasteiger partial charge on any atom is 0.211 e. The predicted octanol–water partition coefficient (Wildman–Crippen LogP) is 2.01. The number of sulfonamides is 1. The summed E-state index contributed by atoms with van der Waals surface area (Å²) in [4.78, 5) is 0. The van der Waals surface area contributed by atoms with E-state index in [0.717, 1.165) is 6.07 Å². The van der Waals surface area contributed by atoms with E-state index in [4.69, 9.17) is 11.6 Å². The number of aliphatic hydroxyl groups is 1. The Hall–Kier alpha value is -0.950. The lowest BCUT2D eigenvalue weighted by molar-refractivity contribution is 0.181. The van der Waals surface area contributed by atoms with E-state index in [1.54, 1.807) is 0 Å². The maximum absolute atomic E-state index is 13.2. The van der Waals surface area contributed by atoms with Gasteiger partial charge in [-0.15, -0.1) is 6.58 Å². The van der Waals surface area contributed by atoms with Crippen LogP contribution in [-0.4, -0.2) is 25.8 Å². The summed E-state index contributed by atoms with van der Waals surface area (Å²) in [7, 11) is -3.47. The molecule has 0 spiro atoms. The zero-order valence-corrected chi connectivity index (χ0v) is 11.7. The minimum absolute atomic E-state index is 0.0532. The van der Waals surface area contributed by atoms with E-state index in [0.29, 0.717) is 6.42 Å². The van der Waals surface area contributed by atoms with Gasteiger partial charge in [-0.2, -0.15) is 0 Å². The summed E-state index contributed by atoms with van der Waals surface area (Å²) in [5.41, 5.74) is 0.258. The van der Waals surface area contributed by atoms with Crippen LogP contribution in [0.15, 0.2) is 30.9 Å². The molecule has 4 nitrogen and oxygen atoms in total. The zero-order valence-electron chi connectivity index (χ0n) is 10.1. The molecule has 0 aromatic heterocycles. The molecule has 0 saturated heterocycles. The first-order valence-electron chi connectivity index (χ1n) is 5.57. The van der Waals surface area contributed by atoms with Gasteiger partial charge in [0.1, 0.15) is 5.82 Å². The smallest absolute Gasteiger partial charge is 0.211 e. The monoisotopic (exact) mass is 307 g/mol.